The second-order valence-electron chi connectivity index (χ2n) is 4.76. The molecule has 3 nitrogen and oxygen atoms in total. The molecule has 0 fully saturated rings. The van der Waals surface area contributed by atoms with Crippen LogP contribution in [0.15, 0.2) is 60.7 Å². The third-order valence-electron chi connectivity index (χ3n) is 3.10. The van der Waals surface area contributed by atoms with E-state index in [-0.39, 0.29) is 11.8 Å². The number of esters is 1. The Hall–Kier alpha value is -2.42. The minimum Gasteiger partial charge on any atom is -0.449 e. The van der Waals surface area contributed by atoms with Crippen molar-refractivity contribution in [3.05, 3.63) is 71.8 Å². The van der Waals surface area contributed by atoms with Gasteiger partial charge >= 0.3 is 5.97 Å². The minimum absolute atomic E-state index is 0.203. The smallest absolute Gasteiger partial charge is 0.306 e. The zero-order valence-electron chi connectivity index (χ0n) is 12.0. The molecule has 108 valence electrons. The summed E-state index contributed by atoms with van der Waals surface area (Å²) >= 11 is 0. The summed E-state index contributed by atoms with van der Waals surface area (Å²) in [5.74, 6) is -0.554. The highest BCUT2D eigenvalue weighted by atomic mass is 16.5. The van der Waals surface area contributed by atoms with Gasteiger partial charge in [0.2, 0.25) is 5.78 Å². The number of carbonyl (C=O) groups is 2. The fraction of sp³-hybridized carbons (Fsp3) is 0.222. The summed E-state index contributed by atoms with van der Waals surface area (Å²) in [7, 11) is 0. The number of carbonyl (C=O) groups excluding carboxylic acids is 2. The molecule has 21 heavy (non-hydrogen) atoms. The van der Waals surface area contributed by atoms with E-state index < -0.39 is 6.10 Å². The predicted molar refractivity (Wildman–Crippen MR) is 81.0 cm³/mol. The van der Waals surface area contributed by atoms with E-state index in [1.54, 1.807) is 36.4 Å². The van der Waals surface area contributed by atoms with Crippen molar-refractivity contribution in [1.29, 1.82) is 0 Å². The van der Waals surface area contributed by atoms with E-state index in [2.05, 4.69) is 0 Å². The Labute approximate surface area is 124 Å². The van der Waals surface area contributed by atoms with E-state index in [9.17, 15) is 9.59 Å². The molecule has 0 unspecified atom stereocenters. The number of rotatable bonds is 6. The number of Topliss-reactive ketones (excluding diaryl/α,β-unsaturated/α-hetero) is 1. The van der Waals surface area contributed by atoms with Gasteiger partial charge in [-0.05, 0) is 6.42 Å². The van der Waals surface area contributed by atoms with Gasteiger partial charge in [-0.2, -0.15) is 0 Å². The van der Waals surface area contributed by atoms with Gasteiger partial charge in [0.1, 0.15) is 0 Å². The van der Waals surface area contributed by atoms with Crippen molar-refractivity contribution in [2.24, 2.45) is 0 Å². The summed E-state index contributed by atoms with van der Waals surface area (Å²) < 4.78 is 5.40. The number of benzene rings is 2. The molecule has 0 N–H and O–H groups in total. The molecule has 0 spiro atoms. The second-order valence-corrected chi connectivity index (χ2v) is 4.76. The summed E-state index contributed by atoms with van der Waals surface area (Å²) in [6.45, 7) is 1.90. The van der Waals surface area contributed by atoms with E-state index in [0.717, 1.165) is 0 Å². The molecule has 2 aromatic rings. The number of ether oxygens (including phenoxy) is 1. The van der Waals surface area contributed by atoms with Crippen LogP contribution in [0.4, 0.5) is 0 Å². The van der Waals surface area contributed by atoms with Crippen LogP contribution < -0.4 is 0 Å². The van der Waals surface area contributed by atoms with Crippen LogP contribution in [0, 0.1) is 0 Å². The first kappa shape index (κ1) is 15.0. The molecule has 1 atom stereocenters. The number of hydrogen-bond donors (Lipinski definition) is 0. The molecule has 0 aliphatic heterocycles. The first-order valence-electron chi connectivity index (χ1n) is 7.06. The Bertz CT molecular complexity index is 590. The maximum Gasteiger partial charge on any atom is 0.306 e. The van der Waals surface area contributed by atoms with Crippen molar-refractivity contribution in [2.75, 3.05) is 0 Å². The SMILES string of the molecule is CCCC(=O)O[C@@H](C(=O)c1ccccc1)c1ccccc1. The molecule has 0 aliphatic carbocycles. The zero-order chi connectivity index (χ0) is 15.1. The van der Waals surface area contributed by atoms with Gasteiger partial charge in [0.05, 0.1) is 0 Å². The quantitative estimate of drug-likeness (QED) is 0.595. The topological polar surface area (TPSA) is 43.4 Å². The average Bonchev–Trinajstić information content (AvgIpc) is 2.54. The Kier molecular flexibility index (Phi) is 5.27. The third-order valence-corrected chi connectivity index (χ3v) is 3.10. The van der Waals surface area contributed by atoms with Crippen molar-refractivity contribution < 1.29 is 14.3 Å². The van der Waals surface area contributed by atoms with Gasteiger partial charge < -0.3 is 4.74 Å². The average molecular weight is 282 g/mol. The molecule has 0 amide bonds. The minimum atomic E-state index is -0.882. The molecule has 0 saturated carbocycles. The van der Waals surface area contributed by atoms with Crippen LogP contribution in [0.2, 0.25) is 0 Å². The lowest BCUT2D eigenvalue weighted by Crippen LogP contribution is -2.20. The molecule has 0 radical (unpaired) electrons. The van der Waals surface area contributed by atoms with Gasteiger partial charge in [0, 0.05) is 17.5 Å². The van der Waals surface area contributed by atoms with Crippen LogP contribution in [0.3, 0.4) is 0 Å². The molecule has 0 aliphatic rings. The van der Waals surface area contributed by atoms with E-state index in [1.807, 2.05) is 31.2 Å². The van der Waals surface area contributed by atoms with Crippen LogP contribution in [0.25, 0.3) is 0 Å². The molecule has 0 aromatic heterocycles. The largest absolute Gasteiger partial charge is 0.449 e. The Morgan fingerprint density at radius 2 is 1.52 bits per heavy atom. The van der Waals surface area contributed by atoms with Crippen molar-refractivity contribution in [2.45, 2.75) is 25.9 Å². The monoisotopic (exact) mass is 282 g/mol. The summed E-state index contributed by atoms with van der Waals surface area (Å²) in [4.78, 5) is 24.4. The van der Waals surface area contributed by atoms with Crippen molar-refractivity contribution in [1.82, 2.24) is 0 Å². The lowest BCUT2D eigenvalue weighted by molar-refractivity contribution is -0.147. The van der Waals surface area contributed by atoms with E-state index in [1.165, 1.54) is 0 Å². The highest BCUT2D eigenvalue weighted by Crippen LogP contribution is 2.23. The number of hydrogen-bond acceptors (Lipinski definition) is 3. The normalized spacial score (nSPS) is 11.7. The van der Waals surface area contributed by atoms with Gasteiger partial charge in [-0.25, -0.2) is 0 Å². The predicted octanol–water partition coefficient (Wildman–Crippen LogP) is 3.95. The van der Waals surface area contributed by atoms with Crippen LogP contribution in [-0.4, -0.2) is 11.8 Å². The Balaban J connectivity index is 2.28. The van der Waals surface area contributed by atoms with Crippen LogP contribution in [-0.2, 0) is 9.53 Å². The number of ketones is 1. The highest BCUT2D eigenvalue weighted by Gasteiger charge is 2.25. The summed E-state index contributed by atoms with van der Waals surface area (Å²) in [5.41, 5.74) is 1.23. The van der Waals surface area contributed by atoms with E-state index in [4.69, 9.17) is 4.74 Å². The van der Waals surface area contributed by atoms with Gasteiger partial charge in [0.25, 0.3) is 0 Å². The second kappa shape index (κ2) is 7.39. The van der Waals surface area contributed by atoms with Crippen molar-refractivity contribution >= 4 is 11.8 Å². The molecular weight excluding hydrogens is 264 g/mol. The van der Waals surface area contributed by atoms with Crippen molar-refractivity contribution in [3.63, 3.8) is 0 Å². The molecule has 2 aromatic carbocycles. The van der Waals surface area contributed by atoms with E-state index >= 15 is 0 Å². The summed E-state index contributed by atoms with van der Waals surface area (Å²) in [6, 6.07) is 18.0. The zero-order valence-corrected chi connectivity index (χ0v) is 12.0. The fourth-order valence-electron chi connectivity index (χ4n) is 2.05. The van der Waals surface area contributed by atoms with Crippen LogP contribution in [0.1, 0.15) is 41.8 Å². The lowest BCUT2D eigenvalue weighted by Gasteiger charge is -2.17. The fourth-order valence-corrected chi connectivity index (χ4v) is 2.05. The maximum atomic E-state index is 12.6. The first-order chi connectivity index (χ1) is 10.2. The molecule has 0 saturated heterocycles. The van der Waals surface area contributed by atoms with E-state index in [0.29, 0.717) is 24.0 Å². The molecule has 2 rings (SSSR count). The maximum absolute atomic E-state index is 12.6. The third kappa shape index (κ3) is 4.02. The van der Waals surface area contributed by atoms with Gasteiger partial charge in [0.15, 0.2) is 6.10 Å². The lowest BCUT2D eigenvalue weighted by atomic mass is 10.00. The molecule has 0 heterocycles. The van der Waals surface area contributed by atoms with Crippen LogP contribution in [0.5, 0.6) is 0 Å². The molecule has 0 bridgehead atoms. The Morgan fingerprint density at radius 3 is 2.10 bits per heavy atom. The van der Waals surface area contributed by atoms with Gasteiger partial charge in [-0.1, -0.05) is 67.6 Å². The van der Waals surface area contributed by atoms with Crippen molar-refractivity contribution in [3.8, 4) is 0 Å². The van der Waals surface area contributed by atoms with Gasteiger partial charge in [-0.15, -0.1) is 0 Å². The first-order valence-corrected chi connectivity index (χ1v) is 7.06. The van der Waals surface area contributed by atoms with Gasteiger partial charge in [-0.3, -0.25) is 9.59 Å². The highest BCUT2D eigenvalue weighted by molar-refractivity contribution is 6.00. The molecule has 3 heteroatoms. The Morgan fingerprint density at radius 1 is 0.952 bits per heavy atom. The summed E-state index contributed by atoms with van der Waals surface area (Å²) in [6.07, 6.45) is 0.123. The van der Waals surface area contributed by atoms with Crippen LogP contribution >= 0.6 is 0 Å². The summed E-state index contributed by atoms with van der Waals surface area (Å²) in [5, 5.41) is 0. The molecular formula is C18H18O3. The standard InChI is InChI=1S/C18H18O3/c1-2-9-16(19)21-18(15-12-7-4-8-13-15)17(20)14-10-5-3-6-11-14/h3-8,10-13,18H,2,9H2,1H3/t18-/m1/s1.